The molecular weight excluding hydrogens is 162 g/mol. The summed E-state index contributed by atoms with van der Waals surface area (Å²) in [6.07, 6.45) is 0. The molecule has 0 saturated carbocycles. The summed E-state index contributed by atoms with van der Waals surface area (Å²) in [5, 5.41) is 1.81. The van der Waals surface area contributed by atoms with Crippen molar-refractivity contribution in [2.45, 2.75) is 0 Å². The van der Waals surface area contributed by atoms with Gasteiger partial charge >= 0.3 is 0 Å². The lowest BCUT2D eigenvalue weighted by Gasteiger charge is -1.97. The largest absolute Gasteiger partial charge is 0.495 e. The van der Waals surface area contributed by atoms with Crippen LogP contribution in [0.3, 0.4) is 0 Å². The van der Waals surface area contributed by atoms with Crippen molar-refractivity contribution < 1.29 is 9.53 Å². The third-order valence-electron chi connectivity index (χ3n) is 1.29. The minimum Gasteiger partial charge on any atom is -0.495 e. The van der Waals surface area contributed by atoms with E-state index in [1.807, 2.05) is 5.38 Å². The van der Waals surface area contributed by atoms with Gasteiger partial charge in [-0.1, -0.05) is 0 Å². The summed E-state index contributed by atoms with van der Waals surface area (Å²) in [6, 6.07) is 1.76. The van der Waals surface area contributed by atoms with Crippen molar-refractivity contribution in [2.75, 3.05) is 13.7 Å². The number of rotatable bonds is 3. The molecule has 0 amide bonds. The standard InChI is InChI=1S/C7H9NO2S/c1-10-6-2-3-11-7(6)5(9)4-8/h2-3H,4,8H2,1H3. The van der Waals surface area contributed by atoms with E-state index in [0.717, 1.165) is 0 Å². The molecular formula is C7H9NO2S. The summed E-state index contributed by atoms with van der Waals surface area (Å²) in [4.78, 5) is 11.7. The second kappa shape index (κ2) is 3.50. The molecule has 0 spiro atoms. The van der Waals surface area contributed by atoms with Crippen molar-refractivity contribution in [2.24, 2.45) is 5.73 Å². The first kappa shape index (κ1) is 8.23. The first-order valence-electron chi connectivity index (χ1n) is 3.14. The van der Waals surface area contributed by atoms with E-state index < -0.39 is 0 Å². The minimum absolute atomic E-state index is 0.0386. The summed E-state index contributed by atoms with van der Waals surface area (Å²) < 4.78 is 4.94. The molecule has 0 bridgehead atoms. The molecule has 1 rings (SSSR count). The van der Waals surface area contributed by atoms with Gasteiger partial charge in [0.25, 0.3) is 0 Å². The maximum absolute atomic E-state index is 11.1. The third kappa shape index (κ3) is 1.58. The van der Waals surface area contributed by atoms with Crippen LogP contribution in [0.2, 0.25) is 0 Å². The van der Waals surface area contributed by atoms with E-state index in [1.54, 1.807) is 6.07 Å². The highest BCUT2D eigenvalue weighted by atomic mass is 32.1. The van der Waals surface area contributed by atoms with Crippen LogP contribution in [-0.2, 0) is 0 Å². The van der Waals surface area contributed by atoms with E-state index in [1.165, 1.54) is 18.4 Å². The molecule has 0 saturated heterocycles. The first-order chi connectivity index (χ1) is 5.29. The molecule has 3 nitrogen and oxygen atoms in total. The van der Waals surface area contributed by atoms with Crippen LogP contribution in [-0.4, -0.2) is 19.4 Å². The maximum Gasteiger partial charge on any atom is 0.190 e. The maximum atomic E-state index is 11.1. The lowest BCUT2D eigenvalue weighted by Crippen LogP contribution is -2.12. The predicted octanol–water partition coefficient (Wildman–Crippen LogP) is 0.898. The molecule has 1 aromatic heterocycles. The molecule has 0 aliphatic carbocycles. The quantitative estimate of drug-likeness (QED) is 0.687. The van der Waals surface area contributed by atoms with Crippen LogP contribution in [0.5, 0.6) is 5.75 Å². The van der Waals surface area contributed by atoms with E-state index in [0.29, 0.717) is 10.6 Å². The Balaban J connectivity index is 2.92. The molecule has 2 N–H and O–H groups in total. The Morgan fingerprint density at radius 3 is 3.09 bits per heavy atom. The van der Waals surface area contributed by atoms with Crippen LogP contribution in [0, 0.1) is 0 Å². The normalized spacial score (nSPS) is 9.64. The summed E-state index contributed by atoms with van der Waals surface area (Å²) in [6.45, 7) is 0.0386. The fraction of sp³-hybridized carbons (Fsp3) is 0.286. The Morgan fingerprint density at radius 1 is 1.82 bits per heavy atom. The van der Waals surface area contributed by atoms with Crippen molar-refractivity contribution in [3.63, 3.8) is 0 Å². The molecule has 0 unspecified atom stereocenters. The van der Waals surface area contributed by atoms with Crippen LogP contribution in [0.1, 0.15) is 9.67 Å². The van der Waals surface area contributed by atoms with Crippen molar-refractivity contribution in [1.82, 2.24) is 0 Å². The summed E-state index contributed by atoms with van der Waals surface area (Å²) in [5.41, 5.74) is 5.19. The molecule has 0 aromatic carbocycles. The van der Waals surface area contributed by atoms with Gasteiger partial charge in [0, 0.05) is 0 Å². The molecule has 1 aromatic rings. The lowest BCUT2D eigenvalue weighted by atomic mass is 10.3. The molecule has 4 heteroatoms. The minimum atomic E-state index is -0.0724. The topological polar surface area (TPSA) is 52.3 Å². The van der Waals surface area contributed by atoms with Crippen LogP contribution in [0.25, 0.3) is 0 Å². The lowest BCUT2D eigenvalue weighted by molar-refractivity contribution is 0.100. The van der Waals surface area contributed by atoms with E-state index in [9.17, 15) is 4.79 Å². The van der Waals surface area contributed by atoms with E-state index in [-0.39, 0.29) is 12.3 Å². The number of nitrogens with two attached hydrogens (primary N) is 1. The smallest absolute Gasteiger partial charge is 0.190 e. The SMILES string of the molecule is COc1ccsc1C(=O)CN. The van der Waals surface area contributed by atoms with Crippen molar-refractivity contribution in [1.29, 1.82) is 0 Å². The second-order valence-corrected chi connectivity index (χ2v) is 2.86. The number of thiophene rings is 1. The second-order valence-electron chi connectivity index (χ2n) is 1.95. The monoisotopic (exact) mass is 171 g/mol. The molecule has 1 heterocycles. The highest BCUT2D eigenvalue weighted by Crippen LogP contribution is 2.24. The van der Waals surface area contributed by atoms with Gasteiger partial charge in [0.05, 0.1) is 13.7 Å². The van der Waals surface area contributed by atoms with Crippen LogP contribution in [0.15, 0.2) is 11.4 Å². The molecule has 0 atom stereocenters. The molecule has 11 heavy (non-hydrogen) atoms. The Hall–Kier alpha value is -0.870. The Labute approximate surface area is 68.8 Å². The molecule has 0 aliphatic rings. The summed E-state index contributed by atoms with van der Waals surface area (Å²) >= 11 is 1.35. The highest BCUT2D eigenvalue weighted by molar-refractivity contribution is 7.12. The Morgan fingerprint density at radius 2 is 2.55 bits per heavy atom. The zero-order chi connectivity index (χ0) is 8.27. The Bertz CT molecular complexity index is 257. The van der Waals surface area contributed by atoms with Gasteiger partial charge in [-0.3, -0.25) is 4.79 Å². The number of ether oxygens (including phenoxy) is 1. The fourth-order valence-corrected chi connectivity index (χ4v) is 1.56. The van der Waals surface area contributed by atoms with Crippen molar-refractivity contribution in [3.05, 3.63) is 16.3 Å². The number of Topliss-reactive ketones (excluding diaryl/α,β-unsaturated/α-hetero) is 1. The van der Waals surface area contributed by atoms with Gasteiger partial charge in [0.1, 0.15) is 10.6 Å². The van der Waals surface area contributed by atoms with E-state index in [2.05, 4.69) is 0 Å². The number of carbonyl (C=O) groups is 1. The average molecular weight is 171 g/mol. The van der Waals surface area contributed by atoms with Gasteiger partial charge in [0.2, 0.25) is 0 Å². The van der Waals surface area contributed by atoms with Crippen molar-refractivity contribution >= 4 is 17.1 Å². The van der Waals surface area contributed by atoms with Crippen molar-refractivity contribution in [3.8, 4) is 5.75 Å². The zero-order valence-corrected chi connectivity index (χ0v) is 6.98. The summed E-state index contributed by atoms with van der Waals surface area (Å²) in [7, 11) is 1.54. The van der Waals surface area contributed by atoms with Crippen LogP contribution >= 0.6 is 11.3 Å². The third-order valence-corrected chi connectivity index (χ3v) is 2.22. The predicted molar refractivity (Wildman–Crippen MR) is 44.3 cm³/mol. The van der Waals surface area contributed by atoms with Crippen LogP contribution in [0.4, 0.5) is 0 Å². The number of hydrogen-bond acceptors (Lipinski definition) is 4. The van der Waals surface area contributed by atoms with E-state index in [4.69, 9.17) is 10.5 Å². The van der Waals surface area contributed by atoms with Gasteiger partial charge < -0.3 is 10.5 Å². The average Bonchev–Trinajstić information content (AvgIpc) is 2.50. The number of hydrogen-bond donors (Lipinski definition) is 1. The number of carbonyl (C=O) groups excluding carboxylic acids is 1. The number of ketones is 1. The van der Waals surface area contributed by atoms with Gasteiger partial charge in [0.15, 0.2) is 5.78 Å². The van der Waals surface area contributed by atoms with E-state index >= 15 is 0 Å². The fourth-order valence-electron chi connectivity index (χ4n) is 0.754. The highest BCUT2D eigenvalue weighted by Gasteiger charge is 2.10. The Kier molecular flexibility index (Phi) is 2.62. The first-order valence-corrected chi connectivity index (χ1v) is 4.02. The number of methoxy groups -OCH3 is 1. The molecule has 0 aliphatic heterocycles. The van der Waals surface area contributed by atoms with Gasteiger partial charge in [-0.05, 0) is 11.4 Å². The van der Waals surface area contributed by atoms with Gasteiger partial charge in [-0.25, -0.2) is 0 Å². The summed E-state index contributed by atoms with van der Waals surface area (Å²) in [5.74, 6) is 0.544. The van der Waals surface area contributed by atoms with Gasteiger partial charge in [-0.15, -0.1) is 11.3 Å². The zero-order valence-electron chi connectivity index (χ0n) is 6.16. The molecule has 60 valence electrons. The van der Waals surface area contributed by atoms with Crippen LogP contribution < -0.4 is 10.5 Å². The molecule has 0 fully saturated rings. The van der Waals surface area contributed by atoms with Gasteiger partial charge in [-0.2, -0.15) is 0 Å². The molecule has 0 radical (unpaired) electrons.